The molecule has 1 N–H and O–H groups in total. The van der Waals surface area contributed by atoms with Crippen LogP contribution in [0.1, 0.15) is 47.3 Å². The molecule has 0 saturated carbocycles. The fourth-order valence-corrected chi connectivity index (χ4v) is 5.33. The molecule has 0 fully saturated rings. The Balaban J connectivity index is 1.51. The van der Waals surface area contributed by atoms with Crippen molar-refractivity contribution in [1.82, 2.24) is 9.88 Å². The van der Waals surface area contributed by atoms with Gasteiger partial charge in [0.15, 0.2) is 0 Å². The van der Waals surface area contributed by atoms with Gasteiger partial charge in [-0.15, -0.1) is 11.6 Å². The van der Waals surface area contributed by atoms with Crippen LogP contribution in [0.15, 0.2) is 54.6 Å². The molecular formula is C29H32ClN3O2. The van der Waals surface area contributed by atoms with E-state index in [2.05, 4.69) is 54.1 Å². The third-order valence-electron chi connectivity index (χ3n) is 6.88. The van der Waals surface area contributed by atoms with Gasteiger partial charge in [0.2, 0.25) is 0 Å². The molecule has 0 bridgehead atoms. The minimum Gasteiger partial charge on any atom is -0.492 e. The van der Waals surface area contributed by atoms with Crippen LogP contribution in [0.3, 0.4) is 0 Å². The molecule has 182 valence electrons. The van der Waals surface area contributed by atoms with E-state index >= 15 is 0 Å². The number of hydrogen-bond donors (Lipinski definition) is 1. The SMILES string of the molecule is CC(C)c1cc2c(c3ccccc13)[C@H](CCl)CN2C(=O)c1cc2cc(OCCN(C)C)ccc2[nH]1. The first-order valence-electron chi connectivity index (χ1n) is 12.2. The number of H-pyrrole nitrogens is 1. The van der Waals surface area contributed by atoms with Gasteiger partial charge < -0.3 is 19.5 Å². The summed E-state index contributed by atoms with van der Waals surface area (Å²) in [4.78, 5) is 21.1. The van der Waals surface area contributed by atoms with Crippen LogP contribution < -0.4 is 9.64 Å². The summed E-state index contributed by atoms with van der Waals surface area (Å²) in [6.07, 6.45) is 0. The molecule has 0 radical (unpaired) electrons. The van der Waals surface area contributed by atoms with Crippen LogP contribution in [0.2, 0.25) is 0 Å². The van der Waals surface area contributed by atoms with Gasteiger partial charge in [0.1, 0.15) is 18.1 Å². The predicted molar refractivity (Wildman–Crippen MR) is 146 cm³/mol. The number of carbonyl (C=O) groups is 1. The Morgan fingerprint density at radius 2 is 1.91 bits per heavy atom. The van der Waals surface area contributed by atoms with Gasteiger partial charge in [-0.25, -0.2) is 0 Å². The molecule has 0 spiro atoms. The van der Waals surface area contributed by atoms with Crippen molar-refractivity contribution in [3.8, 4) is 5.75 Å². The quantitative estimate of drug-likeness (QED) is 0.307. The lowest BCUT2D eigenvalue weighted by Gasteiger charge is -2.20. The van der Waals surface area contributed by atoms with Crippen LogP contribution in [-0.2, 0) is 0 Å². The molecule has 1 aliphatic heterocycles. The van der Waals surface area contributed by atoms with Crippen molar-refractivity contribution >= 4 is 44.9 Å². The Labute approximate surface area is 211 Å². The van der Waals surface area contributed by atoms with Gasteiger partial charge in [-0.05, 0) is 72.2 Å². The van der Waals surface area contributed by atoms with Crippen molar-refractivity contribution < 1.29 is 9.53 Å². The first-order chi connectivity index (χ1) is 16.9. The Morgan fingerprint density at radius 1 is 1.14 bits per heavy atom. The molecular weight excluding hydrogens is 458 g/mol. The van der Waals surface area contributed by atoms with Crippen LogP contribution >= 0.6 is 11.6 Å². The summed E-state index contributed by atoms with van der Waals surface area (Å²) in [6, 6.07) is 18.5. The van der Waals surface area contributed by atoms with Crippen LogP contribution in [0, 0.1) is 0 Å². The van der Waals surface area contributed by atoms with E-state index in [1.165, 1.54) is 21.9 Å². The summed E-state index contributed by atoms with van der Waals surface area (Å²) in [5, 5.41) is 3.41. The molecule has 4 aromatic rings. The number of hydrogen-bond acceptors (Lipinski definition) is 3. The van der Waals surface area contributed by atoms with Crippen LogP contribution in [0.5, 0.6) is 5.75 Å². The molecule has 1 aromatic heterocycles. The number of ether oxygens (including phenoxy) is 1. The molecule has 1 atom stereocenters. The molecule has 6 heteroatoms. The number of nitrogens with zero attached hydrogens (tertiary/aromatic N) is 2. The topological polar surface area (TPSA) is 48.6 Å². The van der Waals surface area contributed by atoms with Crippen molar-refractivity contribution in [2.24, 2.45) is 0 Å². The number of nitrogens with one attached hydrogen (secondary N) is 1. The number of benzene rings is 3. The normalized spacial score (nSPS) is 15.5. The van der Waals surface area contributed by atoms with Crippen LogP contribution in [0.25, 0.3) is 21.7 Å². The maximum atomic E-state index is 13.8. The van der Waals surface area contributed by atoms with Gasteiger partial charge in [0.25, 0.3) is 5.91 Å². The monoisotopic (exact) mass is 489 g/mol. The van der Waals surface area contributed by atoms with Gasteiger partial charge in [-0.3, -0.25) is 4.79 Å². The number of aromatic amines is 1. The van der Waals surface area contributed by atoms with Gasteiger partial charge in [0, 0.05) is 41.5 Å². The van der Waals surface area contributed by atoms with E-state index in [9.17, 15) is 4.79 Å². The van der Waals surface area contributed by atoms with E-state index in [1.54, 1.807) is 0 Å². The van der Waals surface area contributed by atoms with Gasteiger partial charge >= 0.3 is 0 Å². The number of anilines is 1. The van der Waals surface area contributed by atoms with Gasteiger partial charge in [-0.2, -0.15) is 0 Å². The van der Waals surface area contributed by atoms with Crippen molar-refractivity contribution in [2.45, 2.75) is 25.7 Å². The molecule has 0 saturated heterocycles. The second kappa shape index (κ2) is 9.56. The molecule has 0 aliphatic carbocycles. The van der Waals surface area contributed by atoms with Crippen molar-refractivity contribution in [3.05, 3.63) is 71.4 Å². The first kappa shape index (κ1) is 23.7. The minimum absolute atomic E-state index is 0.0323. The summed E-state index contributed by atoms with van der Waals surface area (Å²) < 4.78 is 5.88. The van der Waals surface area contributed by atoms with E-state index in [4.69, 9.17) is 16.3 Å². The van der Waals surface area contributed by atoms with Crippen molar-refractivity contribution in [1.29, 1.82) is 0 Å². The maximum absolute atomic E-state index is 13.8. The second-order valence-electron chi connectivity index (χ2n) is 9.95. The summed E-state index contributed by atoms with van der Waals surface area (Å²) in [5.74, 6) is 1.69. The number of amides is 1. The van der Waals surface area contributed by atoms with E-state index < -0.39 is 0 Å². The molecule has 5 nitrogen and oxygen atoms in total. The molecule has 2 heterocycles. The van der Waals surface area contributed by atoms with Gasteiger partial charge in [-0.1, -0.05) is 38.1 Å². The van der Waals surface area contributed by atoms with E-state index in [0.717, 1.165) is 28.9 Å². The highest BCUT2D eigenvalue weighted by atomic mass is 35.5. The number of likely N-dealkylation sites (N-methyl/N-ethyl adjacent to an activating group) is 1. The van der Waals surface area contributed by atoms with Gasteiger partial charge in [0.05, 0.1) is 0 Å². The molecule has 0 unspecified atom stereocenters. The number of aromatic nitrogens is 1. The largest absolute Gasteiger partial charge is 0.492 e. The summed E-state index contributed by atoms with van der Waals surface area (Å²) in [6.45, 7) is 6.44. The van der Waals surface area contributed by atoms with Crippen molar-refractivity contribution in [2.75, 3.05) is 44.6 Å². The number of carbonyl (C=O) groups excluding carboxylic acids is 1. The zero-order valence-corrected chi connectivity index (χ0v) is 21.5. The third kappa shape index (κ3) is 4.39. The fraction of sp³-hybridized carbons (Fsp3) is 0.345. The summed E-state index contributed by atoms with van der Waals surface area (Å²) in [7, 11) is 4.05. The highest BCUT2D eigenvalue weighted by molar-refractivity contribution is 6.19. The number of halogens is 1. The highest BCUT2D eigenvalue weighted by Crippen LogP contribution is 2.45. The zero-order valence-electron chi connectivity index (χ0n) is 20.8. The van der Waals surface area contributed by atoms with E-state index in [0.29, 0.717) is 30.6 Å². The molecule has 1 amide bonds. The lowest BCUT2D eigenvalue weighted by molar-refractivity contribution is 0.0984. The molecule has 35 heavy (non-hydrogen) atoms. The lowest BCUT2D eigenvalue weighted by atomic mass is 9.89. The van der Waals surface area contributed by atoms with E-state index in [-0.39, 0.29) is 11.8 Å². The Bertz CT molecular complexity index is 1390. The second-order valence-corrected chi connectivity index (χ2v) is 10.3. The predicted octanol–water partition coefficient (Wildman–Crippen LogP) is 6.37. The average Bonchev–Trinajstić information content (AvgIpc) is 3.44. The number of fused-ring (bicyclic) bond motifs is 4. The smallest absolute Gasteiger partial charge is 0.274 e. The number of alkyl halides is 1. The minimum atomic E-state index is -0.0323. The lowest BCUT2D eigenvalue weighted by Crippen LogP contribution is -2.30. The van der Waals surface area contributed by atoms with Crippen LogP contribution in [0.4, 0.5) is 5.69 Å². The Morgan fingerprint density at radius 3 is 2.63 bits per heavy atom. The number of rotatable bonds is 7. The average molecular weight is 490 g/mol. The first-order valence-corrected chi connectivity index (χ1v) is 12.7. The van der Waals surface area contributed by atoms with Crippen molar-refractivity contribution in [3.63, 3.8) is 0 Å². The summed E-state index contributed by atoms with van der Waals surface area (Å²) >= 11 is 6.43. The standard InChI is InChI=1S/C29H32ClN3O2/c1-18(2)24-15-27-28(23-8-6-5-7-22(23)24)20(16-30)17-33(27)29(34)26-14-19-13-21(9-10-25(19)31-26)35-12-11-32(3)4/h5-10,13-15,18,20,31H,11-12,16-17H2,1-4H3/t20-/m1/s1. The zero-order chi connectivity index (χ0) is 24.7. The summed E-state index contributed by atoms with van der Waals surface area (Å²) in [5.41, 5.74) is 4.91. The molecule has 1 aliphatic rings. The molecule has 3 aromatic carbocycles. The maximum Gasteiger partial charge on any atom is 0.274 e. The highest BCUT2D eigenvalue weighted by Gasteiger charge is 2.35. The Hall–Kier alpha value is -3.02. The Kier molecular flexibility index (Phi) is 6.47. The molecule has 5 rings (SSSR count). The fourth-order valence-electron chi connectivity index (χ4n) is 5.08. The van der Waals surface area contributed by atoms with E-state index in [1.807, 2.05) is 43.3 Å². The van der Waals surface area contributed by atoms with Crippen LogP contribution in [-0.4, -0.2) is 55.5 Å². The third-order valence-corrected chi connectivity index (χ3v) is 7.25.